The fourth-order valence-electron chi connectivity index (χ4n) is 5.98. The summed E-state index contributed by atoms with van der Waals surface area (Å²) in [6.45, 7) is 1.75. The fourth-order valence-corrected chi connectivity index (χ4v) is 5.98. The van der Waals surface area contributed by atoms with Gasteiger partial charge in [0.05, 0.1) is 37.9 Å². The van der Waals surface area contributed by atoms with E-state index in [9.17, 15) is 4.39 Å². The molecular weight excluding hydrogens is 451 g/mol. The van der Waals surface area contributed by atoms with Crippen molar-refractivity contribution in [3.63, 3.8) is 0 Å². The highest BCUT2D eigenvalue weighted by molar-refractivity contribution is 5.47. The smallest absolute Gasteiger partial charge is 0.143 e. The number of halogens is 1. The van der Waals surface area contributed by atoms with Gasteiger partial charge in [-0.3, -0.25) is 0 Å². The molecule has 3 atom stereocenters. The maximum absolute atomic E-state index is 14.9. The molecule has 0 amide bonds. The maximum Gasteiger partial charge on any atom is 0.143 e. The molecule has 4 aromatic rings. The minimum Gasteiger partial charge on any atom is -0.380 e. The van der Waals surface area contributed by atoms with Crippen LogP contribution in [0.2, 0.25) is 0 Å². The van der Waals surface area contributed by atoms with E-state index in [0.29, 0.717) is 32.0 Å². The van der Waals surface area contributed by atoms with E-state index >= 15 is 0 Å². The number of ether oxygens (including phenoxy) is 3. The van der Waals surface area contributed by atoms with Gasteiger partial charge in [0.25, 0.3) is 0 Å². The molecule has 0 saturated carbocycles. The average molecular weight is 481 g/mol. The molecular formula is C32H29FO3. The first kappa shape index (κ1) is 23.1. The highest BCUT2D eigenvalue weighted by Crippen LogP contribution is 2.48. The molecule has 0 aromatic heterocycles. The van der Waals surface area contributed by atoms with Crippen molar-refractivity contribution < 1.29 is 18.6 Å². The molecule has 182 valence electrons. The van der Waals surface area contributed by atoms with Gasteiger partial charge in [-0.25, -0.2) is 4.39 Å². The van der Waals surface area contributed by atoms with Gasteiger partial charge < -0.3 is 14.2 Å². The molecule has 1 unspecified atom stereocenters. The lowest BCUT2D eigenvalue weighted by Crippen LogP contribution is -2.40. The second-order valence-electron chi connectivity index (χ2n) is 9.70. The van der Waals surface area contributed by atoms with E-state index in [2.05, 4.69) is 36.4 Å². The minimum absolute atomic E-state index is 0.00872. The van der Waals surface area contributed by atoms with Gasteiger partial charge in [-0.15, -0.1) is 0 Å². The van der Waals surface area contributed by atoms with Crippen molar-refractivity contribution in [3.05, 3.63) is 143 Å². The largest absolute Gasteiger partial charge is 0.380 e. The van der Waals surface area contributed by atoms with Gasteiger partial charge in [0.2, 0.25) is 0 Å². The third-order valence-electron chi connectivity index (χ3n) is 7.79. The van der Waals surface area contributed by atoms with Gasteiger partial charge in [-0.1, -0.05) is 109 Å². The normalized spacial score (nSPS) is 23.5. The predicted molar refractivity (Wildman–Crippen MR) is 137 cm³/mol. The molecule has 36 heavy (non-hydrogen) atoms. The number of hydrogen-bond acceptors (Lipinski definition) is 3. The van der Waals surface area contributed by atoms with Crippen LogP contribution in [0.25, 0.3) is 0 Å². The van der Waals surface area contributed by atoms with Gasteiger partial charge >= 0.3 is 0 Å². The number of fused-ring (bicyclic) bond motifs is 1. The summed E-state index contributed by atoms with van der Waals surface area (Å²) in [5.74, 6) is -0.195. The second kappa shape index (κ2) is 9.62. The van der Waals surface area contributed by atoms with Crippen LogP contribution in [0, 0.1) is 11.7 Å². The molecule has 0 N–H and O–H groups in total. The topological polar surface area (TPSA) is 27.7 Å². The van der Waals surface area contributed by atoms with E-state index in [1.165, 1.54) is 6.07 Å². The first-order chi connectivity index (χ1) is 17.7. The molecule has 2 saturated heterocycles. The third kappa shape index (κ3) is 3.77. The molecule has 0 radical (unpaired) electrons. The van der Waals surface area contributed by atoms with Gasteiger partial charge in [-0.2, -0.15) is 0 Å². The predicted octanol–water partition coefficient (Wildman–Crippen LogP) is 6.12. The molecule has 0 aliphatic carbocycles. The fraction of sp³-hybridized carbons (Fsp3) is 0.250. The Balaban J connectivity index is 1.39. The van der Waals surface area contributed by atoms with E-state index in [4.69, 9.17) is 14.2 Å². The Morgan fingerprint density at radius 1 is 0.722 bits per heavy atom. The first-order valence-corrected chi connectivity index (χ1v) is 12.5. The SMILES string of the molecule is Fc1ccccc1[C@@]12COC[C@@H]1C(COC(c1ccccc1)(c1ccccc1)c1ccccc1)OC2. The van der Waals surface area contributed by atoms with E-state index in [1.54, 1.807) is 6.07 Å². The lowest BCUT2D eigenvalue weighted by Gasteiger charge is -2.37. The Bertz CT molecular complexity index is 1200. The summed E-state index contributed by atoms with van der Waals surface area (Å²) < 4.78 is 34.2. The molecule has 4 heteroatoms. The van der Waals surface area contributed by atoms with Crippen molar-refractivity contribution in [2.45, 2.75) is 17.1 Å². The van der Waals surface area contributed by atoms with E-state index < -0.39 is 11.0 Å². The maximum atomic E-state index is 14.9. The van der Waals surface area contributed by atoms with Gasteiger partial charge in [0.1, 0.15) is 11.4 Å². The lowest BCUT2D eigenvalue weighted by molar-refractivity contribution is -0.0616. The number of rotatable bonds is 7. The molecule has 6 rings (SSSR count). The zero-order chi connectivity index (χ0) is 24.4. The molecule has 2 heterocycles. The van der Waals surface area contributed by atoms with Gasteiger partial charge in [0, 0.05) is 5.92 Å². The van der Waals surface area contributed by atoms with Crippen LogP contribution < -0.4 is 0 Å². The molecule has 2 aliphatic rings. The van der Waals surface area contributed by atoms with Crippen molar-refractivity contribution in [1.29, 1.82) is 0 Å². The van der Waals surface area contributed by atoms with Crippen molar-refractivity contribution in [2.75, 3.05) is 26.4 Å². The highest BCUT2D eigenvalue weighted by atomic mass is 19.1. The van der Waals surface area contributed by atoms with Crippen LogP contribution in [-0.4, -0.2) is 32.5 Å². The van der Waals surface area contributed by atoms with Crippen LogP contribution in [0.15, 0.2) is 115 Å². The Labute approximate surface area is 211 Å². The summed E-state index contributed by atoms with van der Waals surface area (Å²) in [4.78, 5) is 0. The Morgan fingerprint density at radius 2 is 1.25 bits per heavy atom. The van der Waals surface area contributed by atoms with Crippen LogP contribution in [0.3, 0.4) is 0 Å². The van der Waals surface area contributed by atoms with E-state index in [0.717, 1.165) is 16.7 Å². The molecule has 0 bridgehead atoms. The summed E-state index contributed by atoms with van der Waals surface area (Å²) in [7, 11) is 0. The van der Waals surface area contributed by atoms with Crippen LogP contribution in [0.1, 0.15) is 22.3 Å². The summed E-state index contributed by atoms with van der Waals surface area (Å²) in [5.41, 5.74) is 2.50. The summed E-state index contributed by atoms with van der Waals surface area (Å²) in [6.07, 6.45) is -0.220. The van der Waals surface area contributed by atoms with Crippen LogP contribution in [0.5, 0.6) is 0 Å². The highest BCUT2D eigenvalue weighted by Gasteiger charge is 2.56. The van der Waals surface area contributed by atoms with E-state index in [1.807, 2.05) is 66.7 Å². The second-order valence-corrected chi connectivity index (χ2v) is 9.70. The summed E-state index contributed by atoms with van der Waals surface area (Å²) in [5, 5.41) is 0. The van der Waals surface area contributed by atoms with Crippen molar-refractivity contribution in [2.24, 2.45) is 5.92 Å². The monoisotopic (exact) mass is 480 g/mol. The van der Waals surface area contributed by atoms with Gasteiger partial charge in [0.15, 0.2) is 0 Å². The molecule has 0 spiro atoms. The lowest BCUT2D eigenvalue weighted by atomic mass is 9.72. The quantitative estimate of drug-likeness (QED) is 0.299. The molecule has 2 aliphatic heterocycles. The van der Waals surface area contributed by atoms with E-state index in [-0.39, 0.29) is 17.8 Å². The number of benzene rings is 4. The summed E-state index contributed by atoms with van der Waals surface area (Å²) >= 11 is 0. The number of hydrogen-bond donors (Lipinski definition) is 0. The minimum atomic E-state index is -0.824. The Morgan fingerprint density at radius 3 is 1.81 bits per heavy atom. The van der Waals surface area contributed by atoms with Crippen molar-refractivity contribution in [1.82, 2.24) is 0 Å². The first-order valence-electron chi connectivity index (χ1n) is 12.5. The molecule has 2 fully saturated rings. The summed E-state index contributed by atoms with van der Waals surface area (Å²) in [6, 6.07) is 38.0. The van der Waals surface area contributed by atoms with Crippen LogP contribution in [0.4, 0.5) is 4.39 Å². The van der Waals surface area contributed by atoms with Crippen molar-refractivity contribution in [3.8, 4) is 0 Å². The van der Waals surface area contributed by atoms with Crippen LogP contribution in [-0.2, 0) is 25.2 Å². The molecule has 4 aromatic carbocycles. The van der Waals surface area contributed by atoms with Crippen molar-refractivity contribution >= 4 is 0 Å². The Hall–Kier alpha value is -3.31. The molecule has 3 nitrogen and oxygen atoms in total. The average Bonchev–Trinajstić information content (AvgIpc) is 3.52. The zero-order valence-electron chi connectivity index (χ0n) is 20.1. The van der Waals surface area contributed by atoms with Gasteiger partial charge in [-0.05, 0) is 28.3 Å². The zero-order valence-corrected chi connectivity index (χ0v) is 20.1. The Kier molecular flexibility index (Phi) is 6.18. The standard InChI is InChI=1S/C32H29FO3/c33-29-19-11-10-18-27(29)31-22-34-20-28(31)30(35-23-31)21-36-32(24-12-4-1-5-13-24,25-14-6-2-7-15-25)26-16-8-3-9-17-26/h1-19,28,30H,20-23H2/t28-,30?,31+/m1/s1. The third-order valence-corrected chi connectivity index (χ3v) is 7.79. The van der Waals surface area contributed by atoms with Crippen LogP contribution >= 0.6 is 0 Å².